The summed E-state index contributed by atoms with van der Waals surface area (Å²) in [7, 11) is 1.63. The van der Waals surface area contributed by atoms with Gasteiger partial charge in [-0.1, -0.05) is 6.07 Å². The van der Waals surface area contributed by atoms with E-state index >= 15 is 0 Å². The Hall–Kier alpha value is -1.97. The number of aromatic nitrogens is 1. The average molecular weight is 462 g/mol. The standard InChI is InChI=1S/C17H20F2N4O.HI/c1-12(13-5-6-15(18)16(19)10-13)23-17(20-2)22-8-9-24-14-4-3-7-21-11-14;/h3-7,10-12H,8-9H2,1-2H3,(H2,20,22,23);1H. The molecule has 0 amide bonds. The number of hydrogen-bond acceptors (Lipinski definition) is 3. The summed E-state index contributed by atoms with van der Waals surface area (Å²) >= 11 is 0. The van der Waals surface area contributed by atoms with Gasteiger partial charge in [-0.2, -0.15) is 0 Å². The lowest BCUT2D eigenvalue weighted by molar-refractivity contribution is 0.320. The van der Waals surface area contributed by atoms with Crippen molar-refractivity contribution in [1.29, 1.82) is 0 Å². The second kappa shape index (κ2) is 10.8. The summed E-state index contributed by atoms with van der Waals surface area (Å²) in [4.78, 5) is 8.06. The lowest BCUT2D eigenvalue weighted by Crippen LogP contribution is -2.40. The molecule has 1 aromatic carbocycles. The van der Waals surface area contributed by atoms with Gasteiger partial charge in [-0.05, 0) is 36.8 Å². The van der Waals surface area contributed by atoms with Crippen LogP contribution >= 0.6 is 24.0 Å². The molecule has 0 aliphatic carbocycles. The largest absolute Gasteiger partial charge is 0.490 e. The van der Waals surface area contributed by atoms with Crippen molar-refractivity contribution in [2.45, 2.75) is 13.0 Å². The number of nitrogens with zero attached hydrogens (tertiary/aromatic N) is 2. The molecule has 0 spiro atoms. The minimum absolute atomic E-state index is 0. The molecule has 1 heterocycles. The van der Waals surface area contributed by atoms with Crippen molar-refractivity contribution in [3.05, 3.63) is 59.9 Å². The third kappa shape index (κ3) is 6.81. The summed E-state index contributed by atoms with van der Waals surface area (Å²) in [6, 6.07) is 7.21. The van der Waals surface area contributed by atoms with E-state index in [1.807, 2.05) is 13.0 Å². The fraction of sp³-hybridized carbons (Fsp3) is 0.294. The van der Waals surface area contributed by atoms with Crippen molar-refractivity contribution in [2.75, 3.05) is 20.2 Å². The van der Waals surface area contributed by atoms with E-state index in [4.69, 9.17) is 4.74 Å². The van der Waals surface area contributed by atoms with Crippen LogP contribution in [0.5, 0.6) is 5.75 Å². The summed E-state index contributed by atoms with van der Waals surface area (Å²) in [5.41, 5.74) is 0.628. The van der Waals surface area contributed by atoms with Crippen LogP contribution in [-0.2, 0) is 0 Å². The fourth-order valence-corrected chi connectivity index (χ4v) is 2.04. The van der Waals surface area contributed by atoms with E-state index in [0.29, 0.717) is 30.4 Å². The Balaban J connectivity index is 0.00000312. The zero-order valence-electron chi connectivity index (χ0n) is 14.0. The molecule has 8 heteroatoms. The first-order valence-corrected chi connectivity index (χ1v) is 7.55. The number of guanidine groups is 1. The highest BCUT2D eigenvalue weighted by atomic mass is 127. The van der Waals surface area contributed by atoms with Crippen molar-refractivity contribution >= 4 is 29.9 Å². The van der Waals surface area contributed by atoms with Gasteiger partial charge in [0.2, 0.25) is 0 Å². The Labute approximate surface area is 162 Å². The van der Waals surface area contributed by atoms with Gasteiger partial charge in [-0.3, -0.25) is 9.98 Å². The van der Waals surface area contributed by atoms with Crippen LogP contribution in [0.15, 0.2) is 47.7 Å². The number of ether oxygens (including phenoxy) is 1. The summed E-state index contributed by atoms with van der Waals surface area (Å²) in [6.45, 7) is 2.80. The van der Waals surface area contributed by atoms with Gasteiger partial charge in [-0.25, -0.2) is 8.78 Å². The Morgan fingerprint density at radius 2 is 2.08 bits per heavy atom. The molecular weight excluding hydrogens is 441 g/mol. The van der Waals surface area contributed by atoms with Crippen LogP contribution in [0.1, 0.15) is 18.5 Å². The Morgan fingerprint density at radius 1 is 1.28 bits per heavy atom. The molecule has 0 saturated carbocycles. The molecule has 2 N–H and O–H groups in total. The number of rotatable bonds is 6. The summed E-state index contributed by atoms with van der Waals surface area (Å²) in [6.07, 6.45) is 3.31. The van der Waals surface area contributed by atoms with Crippen molar-refractivity contribution < 1.29 is 13.5 Å². The van der Waals surface area contributed by atoms with E-state index in [0.717, 1.165) is 6.07 Å². The quantitative estimate of drug-likeness (QED) is 0.300. The molecule has 136 valence electrons. The van der Waals surface area contributed by atoms with Crippen LogP contribution in [0.3, 0.4) is 0 Å². The number of hydrogen-bond donors (Lipinski definition) is 2. The Bertz CT molecular complexity index is 686. The summed E-state index contributed by atoms with van der Waals surface area (Å²) in [5.74, 6) is -0.491. The van der Waals surface area contributed by atoms with Crippen molar-refractivity contribution in [2.24, 2.45) is 4.99 Å². The van der Waals surface area contributed by atoms with E-state index in [9.17, 15) is 8.78 Å². The molecule has 0 aliphatic rings. The minimum atomic E-state index is -0.867. The predicted octanol–water partition coefficient (Wildman–Crippen LogP) is 3.28. The summed E-state index contributed by atoms with van der Waals surface area (Å²) < 4.78 is 31.8. The summed E-state index contributed by atoms with van der Waals surface area (Å²) in [5, 5.41) is 6.20. The molecule has 0 aliphatic heterocycles. The molecular formula is C17H21F2IN4O. The minimum Gasteiger partial charge on any atom is -0.490 e. The van der Waals surface area contributed by atoms with Crippen molar-refractivity contribution in [3.8, 4) is 5.75 Å². The van der Waals surface area contributed by atoms with E-state index in [-0.39, 0.29) is 30.0 Å². The molecule has 1 unspecified atom stereocenters. The van der Waals surface area contributed by atoms with Gasteiger partial charge in [0, 0.05) is 13.2 Å². The van der Waals surface area contributed by atoms with Crippen LogP contribution in [-0.4, -0.2) is 31.1 Å². The third-order valence-electron chi connectivity index (χ3n) is 3.32. The molecule has 5 nitrogen and oxygen atoms in total. The number of aliphatic imine (C=N–C) groups is 1. The monoisotopic (exact) mass is 462 g/mol. The Kier molecular flexibility index (Phi) is 9.11. The molecule has 0 saturated heterocycles. The van der Waals surface area contributed by atoms with Gasteiger partial charge in [0.1, 0.15) is 12.4 Å². The number of pyridine rings is 1. The van der Waals surface area contributed by atoms with Gasteiger partial charge in [0.25, 0.3) is 0 Å². The molecule has 2 aromatic rings. The van der Waals surface area contributed by atoms with Crippen molar-refractivity contribution in [3.63, 3.8) is 0 Å². The maximum atomic E-state index is 13.3. The first-order valence-electron chi connectivity index (χ1n) is 7.55. The van der Waals surface area contributed by atoms with E-state index in [2.05, 4.69) is 20.6 Å². The van der Waals surface area contributed by atoms with Gasteiger partial charge in [0.05, 0.1) is 18.8 Å². The molecule has 0 radical (unpaired) electrons. The molecule has 1 atom stereocenters. The van der Waals surface area contributed by atoms with Crippen LogP contribution in [0.25, 0.3) is 0 Å². The number of benzene rings is 1. The third-order valence-corrected chi connectivity index (χ3v) is 3.32. The molecule has 2 rings (SSSR count). The van der Waals surface area contributed by atoms with Crippen LogP contribution in [0.2, 0.25) is 0 Å². The second-order valence-electron chi connectivity index (χ2n) is 5.08. The van der Waals surface area contributed by atoms with Gasteiger partial charge in [-0.15, -0.1) is 24.0 Å². The highest BCUT2D eigenvalue weighted by molar-refractivity contribution is 14.0. The topological polar surface area (TPSA) is 58.5 Å². The van der Waals surface area contributed by atoms with Gasteiger partial charge < -0.3 is 15.4 Å². The van der Waals surface area contributed by atoms with Crippen LogP contribution in [0, 0.1) is 11.6 Å². The van der Waals surface area contributed by atoms with Crippen molar-refractivity contribution in [1.82, 2.24) is 15.6 Å². The van der Waals surface area contributed by atoms with Crippen LogP contribution in [0.4, 0.5) is 8.78 Å². The lowest BCUT2D eigenvalue weighted by Gasteiger charge is -2.18. The van der Waals surface area contributed by atoms with E-state index in [1.165, 1.54) is 12.1 Å². The molecule has 1 aromatic heterocycles. The lowest BCUT2D eigenvalue weighted by atomic mass is 10.1. The first-order chi connectivity index (χ1) is 11.6. The van der Waals surface area contributed by atoms with Crippen LogP contribution < -0.4 is 15.4 Å². The molecule has 0 fully saturated rings. The van der Waals surface area contributed by atoms with E-state index in [1.54, 1.807) is 25.5 Å². The maximum absolute atomic E-state index is 13.3. The average Bonchev–Trinajstić information content (AvgIpc) is 2.60. The zero-order valence-corrected chi connectivity index (χ0v) is 16.3. The van der Waals surface area contributed by atoms with Gasteiger partial charge in [0.15, 0.2) is 17.6 Å². The number of nitrogens with one attached hydrogen (secondary N) is 2. The highest BCUT2D eigenvalue weighted by Gasteiger charge is 2.10. The second-order valence-corrected chi connectivity index (χ2v) is 5.08. The zero-order chi connectivity index (χ0) is 17.4. The molecule has 25 heavy (non-hydrogen) atoms. The first kappa shape index (κ1) is 21.1. The SMILES string of the molecule is CN=C(NCCOc1cccnc1)NC(C)c1ccc(F)c(F)c1.I. The maximum Gasteiger partial charge on any atom is 0.191 e. The Morgan fingerprint density at radius 3 is 2.72 bits per heavy atom. The predicted molar refractivity (Wildman–Crippen MR) is 104 cm³/mol. The van der Waals surface area contributed by atoms with E-state index < -0.39 is 11.6 Å². The number of halogens is 3. The fourth-order valence-electron chi connectivity index (χ4n) is 2.04. The smallest absolute Gasteiger partial charge is 0.191 e. The molecule has 0 bridgehead atoms. The van der Waals surface area contributed by atoms with Gasteiger partial charge >= 0.3 is 0 Å². The normalized spacial score (nSPS) is 12.1. The highest BCUT2D eigenvalue weighted by Crippen LogP contribution is 2.15.